The third-order valence-electron chi connectivity index (χ3n) is 3.34. The zero-order chi connectivity index (χ0) is 10.2. The van der Waals surface area contributed by atoms with E-state index in [0.717, 1.165) is 12.6 Å². The molecule has 0 saturated carbocycles. The summed E-state index contributed by atoms with van der Waals surface area (Å²) in [5.74, 6) is 0. The van der Waals surface area contributed by atoms with Crippen molar-refractivity contribution in [3.05, 3.63) is 0 Å². The van der Waals surface area contributed by atoms with Crippen LogP contribution in [-0.4, -0.2) is 30.6 Å². The fraction of sp³-hybridized carbons (Fsp3) is 1.00. The quantitative estimate of drug-likeness (QED) is 0.687. The van der Waals surface area contributed by atoms with Crippen molar-refractivity contribution in [3.8, 4) is 0 Å². The van der Waals surface area contributed by atoms with Crippen molar-refractivity contribution in [3.63, 3.8) is 0 Å². The lowest BCUT2D eigenvalue weighted by Gasteiger charge is -2.26. The van der Waals surface area contributed by atoms with Gasteiger partial charge in [-0.1, -0.05) is 19.3 Å². The first-order chi connectivity index (χ1) is 6.84. The molecule has 0 aromatic rings. The standard InChI is InChI=1S/C12H26N2/c1-12-8-4-2-6-10-14(12)11-7-3-5-9-13/h12H,2-11,13H2,1H3. The van der Waals surface area contributed by atoms with Crippen molar-refractivity contribution in [2.45, 2.75) is 57.9 Å². The number of nitrogens with two attached hydrogens (primary N) is 1. The highest BCUT2D eigenvalue weighted by atomic mass is 15.1. The van der Waals surface area contributed by atoms with Crippen LogP contribution < -0.4 is 5.73 Å². The Balaban J connectivity index is 2.13. The Hall–Kier alpha value is -0.0800. The maximum Gasteiger partial charge on any atom is 0.00669 e. The first-order valence-corrected chi connectivity index (χ1v) is 6.28. The summed E-state index contributed by atoms with van der Waals surface area (Å²) in [5, 5.41) is 0. The molecule has 0 aliphatic carbocycles. The van der Waals surface area contributed by atoms with E-state index >= 15 is 0 Å². The van der Waals surface area contributed by atoms with Crippen LogP contribution in [0.3, 0.4) is 0 Å². The van der Waals surface area contributed by atoms with E-state index in [-0.39, 0.29) is 0 Å². The van der Waals surface area contributed by atoms with Gasteiger partial charge in [0.05, 0.1) is 0 Å². The van der Waals surface area contributed by atoms with E-state index in [1.165, 1.54) is 58.0 Å². The highest BCUT2D eigenvalue weighted by Crippen LogP contribution is 2.16. The minimum Gasteiger partial charge on any atom is -0.330 e. The number of hydrogen-bond acceptors (Lipinski definition) is 2. The molecule has 0 spiro atoms. The molecule has 1 unspecified atom stereocenters. The third-order valence-corrected chi connectivity index (χ3v) is 3.34. The van der Waals surface area contributed by atoms with Gasteiger partial charge in [0.2, 0.25) is 0 Å². The maximum absolute atomic E-state index is 5.49. The van der Waals surface area contributed by atoms with Crippen molar-refractivity contribution in [1.82, 2.24) is 4.90 Å². The van der Waals surface area contributed by atoms with Crippen LogP contribution in [0.2, 0.25) is 0 Å². The van der Waals surface area contributed by atoms with E-state index in [1.54, 1.807) is 0 Å². The second kappa shape index (κ2) is 7.24. The minimum atomic E-state index is 0.815. The van der Waals surface area contributed by atoms with Gasteiger partial charge in [-0.05, 0) is 52.2 Å². The lowest BCUT2D eigenvalue weighted by atomic mass is 10.1. The Morgan fingerprint density at radius 2 is 2.00 bits per heavy atom. The molecule has 1 aliphatic rings. The minimum absolute atomic E-state index is 0.815. The van der Waals surface area contributed by atoms with Gasteiger partial charge >= 0.3 is 0 Å². The SMILES string of the molecule is CC1CCCCCN1CCCCCN. The molecule has 2 heteroatoms. The first kappa shape index (κ1) is 12.0. The van der Waals surface area contributed by atoms with Gasteiger partial charge in [0.1, 0.15) is 0 Å². The number of nitrogens with zero attached hydrogens (tertiary/aromatic N) is 1. The van der Waals surface area contributed by atoms with E-state index in [9.17, 15) is 0 Å². The number of rotatable bonds is 5. The fourth-order valence-corrected chi connectivity index (χ4v) is 2.30. The van der Waals surface area contributed by atoms with Gasteiger partial charge in [-0.25, -0.2) is 0 Å². The summed E-state index contributed by atoms with van der Waals surface area (Å²) in [4.78, 5) is 2.67. The van der Waals surface area contributed by atoms with Crippen LogP contribution in [0.15, 0.2) is 0 Å². The summed E-state index contributed by atoms with van der Waals surface area (Å²) < 4.78 is 0. The highest BCUT2D eigenvalue weighted by molar-refractivity contribution is 4.71. The van der Waals surface area contributed by atoms with E-state index in [2.05, 4.69) is 11.8 Å². The van der Waals surface area contributed by atoms with Crippen LogP contribution in [0.1, 0.15) is 51.9 Å². The summed E-state index contributed by atoms with van der Waals surface area (Å²) in [5.41, 5.74) is 5.49. The molecule has 0 bridgehead atoms. The number of likely N-dealkylation sites (tertiary alicyclic amines) is 1. The van der Waals surface area contributed by atoms with Crippen LogP contribution in [0.25, 0.3) is 0 Å². The normalized spacial score (nSPS) is 24.9. The number of unbranched alkanes of at least 4 members (excludes halogenated alkanes) is 2. The summed E-state index contributed by atoms with van der Waals surface area (Å²) in [6, 6.07) is 0.815. The lowest BCUT2D eigenvalue weighted by Crippen LogP contribution is -2.33. The van der Waals surface area contributed by atoms with Gasteiger partial charge < -0.3 is 10.6 Å². The van der Waals surface area contributed by atoms with Gasteiger partial charge in [-0.3, -0.25) is 0 Å². The zero-order valence-electron chi connectivity index (χ0n) is 9.67. The van der Waals surface area contributed by atoms with Crippen molar-refractivity contribution < 1.29 is 0 Å². The molecule has 1 atom stereocenters. The van der Waals surface area contributed by atoms with E-state index < -0.39 is 0 Å². The second-order valence-electron chi connectivity index (χ2n) is 4.58. The molecule has 2 N–H and O–H groups in total. The van der Waals surface area contributed by atoms with Crippen LogP contribution >= 0.6 is 0 Å². The van der Waals surface area contributed by atoms with E-state index in [4.69, 9.17) is 5.73 Å². The first-order valence-electron chi connectivity index (χ1n) is 6.28. The maximum atomic E-state index is 5.49. The number of hydrogen-bond donors (Lipinski definition) is 1. The van der Waals surface area contributed by atoms with Gasteiger partial charge in [0.15, 0.2) is 0 Å². The topological polar surface area (TPSA) is 29.3 Å². The fourth-order valence-electron chi connectivity index (χ4n) is 2.30. The second-order valence-corrected chi connectivity index (χ2v) is 4.58. The average Bonchev–Trinajstić information content (AvgIpc) is 2.39. The van der Waals surface area contributed by atoms with Gasteiger partial charge in [0, 0.05) is 6.04 Å². The predicted molar refractivity (Wildman–Crippen MR) is 62.4 cm³/mol. The van der Waals surface area contributed by atoms with Gasteiger partial charge in [-0.15, -0.1) is 0 Å². The Morgan fingerprint density at radius 3 is 2.79 bits per heavy atom. The average molecular weight is 198 g/mol. The summed E-state index contributed by atoms with van der Waals surface area (Å²) in [7, 11) is 0. The summed E-state index contributed by atoms with van der Waals surface area (Å²) in [6.07, 6.45) is 9.51. The van der Waals surface area contributed by atoms with Crippen LogP contribution in [-0.2, 0) is 0 Å². The van der Waals surface area contributed by atoms with Crippen molar-refractivity contribution in [1.29, 1.82) is 0 Å². The Morgan fingerprint density at radius 1 is 1.14 bits per heavy atom. The molecule has 0 amide bonds. The summed E-state index contributed by atoms with van der Waals surface area (Å²) in [6.45, 7) is 5.86. The van der Waals surface area contributed by atoms with Gasteiger partial charge in [-0.2, -0.15) is 0 Å². The van der Waals surface area contributed by atoms with Crippen LogP contribution in [0, 0.1) is 0 Å². The molecule has 0 radical (unpaired) electrons. The Labute approximate surface area is 88.8 Å². The van der Waals surface area contributed by atoms with E-state index in [0.29, 0.717) is 0 Å². The largest absolute Gasteiger partial charge is 0.330 e. The monoisotopic (exact) mass is 198 g/mol. The molecule has 1 saturated heterocycles. The zero-order valence-corrected chi connectivity index (χ0v) is 9.67. The predicted octanol–water partition coefficient (Wildman–Crippen LogP) is 2.38. The molecule has 1 aliphatic heterocycles. The van der Waals surface area contributed by atoms with Gasteiger partial charge in [0.25, 0.3) is 0 Å². The molecule has 1 rings (SSSR count). The molecule has 84 valence electrons. The molecule has 1 fully saturated rings. The Bertz CT molecular complexity index is 136. The van der Waals surface area contributed by atoms with Crippen molar-refractivity contribution in [2.24, 2.45) is 5.73 Å². The van der Waals surface area contributed by atoms with Crippen molar-refractivity contribution >= 4 is 0 Å². The summed E-state index contributed by atoms with van der Waals surface area (Å²) >= 11 is 0. The molecule has 14 heavy (non-hydrogen) atoms. The molecule has 2 nitrogen and oxygen atoms in total. The van der Waals surface area contributed by atoms with Crippen LogP contribution in [0.4, 0.5) is 0 Å². The lowest BCUT2D eigenvalue weighted by molar-refractivity contribution is 0.209. The molecule has 0 aromatic heterocycles. The molecule has 0 aromatic carbocycles. The highest BCUT2D eigenvalue weighted by Gasteiger charge is 2.15. The van der Waals surface area contributed by atoms with E-state index in [1.807, 2.05) is 0 Å². The molecule has 1 heterocycles. The smallest absolute Gasteiger partial charge is 0.00669 e. The van der Waals surface area contributed by atoms with Crippen molar-refractivity contribution in [2.75, 3.05) is 19.6 Å². The van der Waals surface area contributed by atoms with Crippen LogP contribution in [0.5, 0.6) is 0 Å². The Kier molecular flexibility index (Phi) is 6.20. The molecular formula is C12H26N2. The third kappa shape index (κ3) is 4.43. The molecular weight excluding hydrogens is 172 g/mol.